The van der Waals surface area contributed by atoms with Gasteiger partial charge in [-0.3, -0.25) is 14.9 Å². The quantitative estimate of drug-likeness (QED) is 0.609. The molecule has 1 saturated heterocycles. The maximum absolute atomic E-state index is 12.4. The van der Waals surface area contributed by atoms with E-state index in [0.29, 0.717) is 4.31 Å². The number of nitro groups is 1. The summed E-state index contributed by atoms with van der Waals surface area (Å²) in [5.74, 6) is -0.586. The zero-order valence-electron chi connectivity index (χ0n) is 10.9. The van der Waals surface area contributed by atoms with Crippen molar-refractivity contribution in [3.8, 4) is 0 Å². The molecule has 0 saturated carbocycles. The van der Waals surface area contributed by atoms with Gasteiger partial charge in [0.15, 0.2) is 0 Å². The molecule has 20 heavy (non-hydrogen) atoms. The predicted molar refractivity (Wildman–Crippen MR) is 70.1 cm³/mol. The first-order valence-electron chi connectivity index (χ1n) is 6.08. The van der Waals surface area contributed by atoms with Gasteiger partial charge < -0.3 is 0 Å². The van der Waals surface area contributed by atoms with Crippen molar-refractivity contribution in [3.05, 3.63) is 39.9 Å². The maximum Gasteiger partial charge on any atom is 0.266 e. The van der Waals surface area contributed by atoms with Crippen molar-refractivity contribution in [3.63, 3.8) is 0 Å². The second-order valence-electron chi connectivity index (χ2n) is 4.72. The normalized spacial score (nSPS) is 19.4. The lowest BCUT2D eigenvalue weighted by Gasteiger charge is -2.21. The average molecular weight is 298 g/mol. The Hall–Kier alpha value is -1.96. The van der Waals surface area contributed by atoms with Crippen molar-refractivity contribution in [1.82, 2.24) is 4.31 Å². The van der Waals surface area contributed by atoms with Crippen LogP contribution in [0.4, 0.5) is 0 Å². The van der Waals surface area contributed by atoms with Gasteiger partial charge >= 0.3 is 0 Å². The fourth-order valence-corrected chi connectivity index (χ4v) is 3.84. The SMILES string of the molecule is Cc1ccc(S(=O)(=O)N2C(=O)CCC2C[N+](=O)[O-])cc1. The number of hydrogen-bond donors (Lipinski definition) is 0. The van der Waals surface area contributed by atoms with Crippen molar-refractivity contribution in [2.75, 3.05) is 6.54 Å². The lowest BCUT2D eigenvalue weighted by molar-refractivity contribution is -0.484. The van der Waals surface area contributed by atoms with Gasteiger partial charge in [-0.05, 0) is 25.5 Å². The number of rotatable bonds is 4. The Labute approximate surface area is 116 Å². The Morgan fingerprint density at radius 3 is 2.50 bits per heavy atom. The van der Waals surface area contributed by atoms with Crippen LogP contribution in [0.3, 0.4) is 0 Å². The second kappa shape index (κ2) is 5.20. The van der Waals surface area contributed by atoms with E-state index in [1.165, 1.54) is 12.1 Å². The summed E-state index contributed by atoms with van der Waals surface area (Å²) in [5, 5.41) is 10.6. The van der Waals surface area contributed by atoms with Crippen LogP contribution in [-0.2, 0) is 14.8 Å². The van der Waals surface area contributed by atoms with Crippen molar-refractivity contribution >= 4 is 15.9 Å². The number of sulfonamides is 1. The minimum absolute atomic E-state index is 0.0175. The van der Waals surface area contributed by atoms with Gasteiger partial charge in [-0.1, -0.05) is 17.7 Å². The fraction of sp³-hybridized carbons (Fsp3) is 0.417. The van der Waals surface area contributed by atoms with E-state index in [-0.39, 0.29) is 17.7 Å². The Morgan fingerprint density at radius 2 is 1.95 bits per heavy atom. The highest BCUT2D eigenvalue weighted by molar-refractivity contribution is 7.89. The minimum Gasteiger partial charge on any atom is -0.274 e. The van der Waals surface area contributed by atoms with Crippen LogP contribution in [-0.4, -0.2) is 36.1 Å². The van der Waals surface area contributed by atoms with Crippen LogP contribution in [0.2, 0.25) is 0 Å². The molecule has 1 aliphatic heterocycles. The summed E-state index contributed by atoms with van der Waals surface area (Å²) in [4.78, 5) is 21.7. The highest BCUT2D eigenvalue weighted by Crippen LogP contribution is 2.27. The first kappa shape index (κ1) is 14.4. The molecule has 0 bridgehead atoms. The number of nitrogens with zero attached hydrogens (tertiary/aromatic N) is 2. The molecule has 0 aliphatic carbocycles. The summed E-state index contributed by atoms with van der Waals surface area (Å²) in [6, 6.07) is 5.15. The Balaban J connectivity index is 2.38. The molecule has 8 heteroatoms. The molecule has 0 aromatic heterocycles. The third kappa shape index (κ3) is 2.64. The van der Waals surface area contributed by atoms with Gasteiger partial charge in [-0.2, -0.15) is 0 Å². The van der Waals surface area contributed by atoms with Gasteiger partial charge in [0.1, 0.15) is 6.04 Å². The summed E-state index contributed by atoms with van der Waals surface area (Å²) in [7, 11) is -4.02. The number of carbonyl (C=O) groups is 1. The van der Waals surface area contributed by atoms with E-state index >= 15 is 0 Å². The zero-order chi connectivity index (χ0) is 14.9. The van der Waals surface area contributed by atoms with E-state index in [0.717, 1.165) is 5.56 Å². The minimum atomic E-state index is -4.02. The number of carbonyl (C=O) groups excluding carboxylic acids is 1. The Kier molecular flexibility index (Phi) is 3.76. The highest BCUT2D eigenvalue weighted by atomic mass is 32.2. The Bertz CT molecular complexity index is 638. The third-order valence-corrected chi connectivity index (χ3v) is 5.09. The van der Waals surface area contributed by atoms with Gasteiger partial charge in [0, 0.05) is 11.3 Å². The summed E-state index contributed by atoms with van der Waals surface area (Å²) < 4.78 is 25.5. The van der Waals surface area contributed by atoms with Gasteiger partial charge in [-0.15, -0.1) is 0 Å². The number of amides is 1. The molecule has 2 rings (SSSR count). The molecular weight excluding hydrogens is 284 g/mol. The van der Waals surface area contributed by atoms with Crippen LogP contribution < -0.4 is 0 Å². The molecular formula is C12H14N2O5S. The van der Waals surface area contributed by atoms with Crippen LogP contribution in [0.5, 0.6) is 0 Å². The van der Waals surface area contributed by atoms with Crippen molar-refractivity contribution in [2.24, 2.45) is 0 Å². The zero-order valence-corrected chi connectivity index (χ0v) is 11.7. The standard InChI is InChI=1S/C12H14N2O5S/c1-9-2-5-11(6-3-9)20(18,19)14-10(8-13(16)17)4-7-12(14)15/h2-3,5-6,10H,4,7-8H2,1H3. The van der Waals surface area contributed by atoms with Crippen LogP contribution in [0.25, 0.3) is 0 Å². The smallest absolute Gasteiger partial charge is 0.266 e. The number of hydrogen-bond acceptors (Lipinski definition) is 5. The first-order chi connectivity index (χ1) is 9.32. The summed E-state index contributed by atoms with van der Waals surface area (Å²) >= 11 is 0. The molecule has 1 fully saturated rings. The molecule has 1 unspecified atom stereocenters. The van der Waals surface area contributed by atoms with Crippen molar-refractivity contribution < 1.29 is 18.1 Å². The fourth-order valence-electron chi connectivity index (χ4n) is 2.21. The Morgan fingerprint density at radius 1 is 1.35 bits per heavy atom. The predicted octanol–water partition coefficient (Wildman–Crippen LogP) is 0.951. The second-order valence-corrected chi connectivity index (χ2v) is 6.53. The van der Waals surface area contributed by atoms with Crippen LogP contribution in [0, 0.1) is 17.0 Å². The van der Waals surface area contributed by atoms with Crippen molar-refractivity contribution in [1.29, 1.82) is 0 Å². The highest BCUT2D eigenvalue weighted by Gasteiger charge is 2.42. The van der Waals surface area contributed by atoms with Crippen molar-refractivity contribution in [2.45, 2.75) is 30.7 Å². The molecule has 0 spiro atoms. The van der Waals surface area contributed by atoms with Gasteiger partial charge in [0.2, 0.25) is 12.5 Å². The molecule has 1 aromatic carbocycles. The van der Waals surface area contributed by atoms with E-state index < -0.39 is 33.4 Å². The molecule has 1 aromatic rings. The summed E-state index contributed by atoms with van der Waals surface area (Å²) in [6.45, 7) is 1.25. The van der Waals surface area contributed by atoms with E-state index in [9.17, 15) is 23.3 Å². The summed E-state index contributed by atoms with van der Waals surface area (Å²) in [6.07, 6.45) is 0.203. The molecule has 108 valence electrons. The van der Waals surface area contributed by atoms with E-state index in [1.54, 1.807) is 12.1 Å². The maximum atomic E-state index is 12.4. The average Bonchev–Trinajstić information content (AvgIpc) is 2.70. The van der Waals surface area contributed by atoms with Gasteiger partial charge in [0.25, 0.3) is 10.0 Å². The molecule has 7 nitrogen and oxygen atoms in total. The molecule has 1 amide bonds. The summed E-state index contributed by atoms with van der Waals surface area (Å²) in [5.41, 5.74) is 0.888. The number of benzene rings is 1. The largest absolute Gasteiger partial charge is 0.274 e. The number of aryl methyl sites for hydroxylation is 1. The monoisotopic (exact) mass is 298 g/mol. The van der Waals surface area contributed by atoms with E-state index in [2.05, 4.69) is 0 Å². The molecule has 1 atom stereocenters. The van der Waals surface area contributed by atoms with Gasteiger partial charge in [-0.25, -0.2) is 12.7 Å². The molecule has 1 heterocycles. The van der Waals surface area contributed by atoms with E-state index in [4.69, 9.17) is 0 Å². The lowest BCUT2D eigenvalue weighted by atomic mass is 10.2. The molecule has 1 aliphatic rings. The third-order valence-electron chi connectivity index (χ3n) is 3.21. The topological polar surface area (TPSA) is 97.6 Å². The van der Waals surface area contributed by atoms with Crippen LogP contribution in [0.15, 0.2) is 29.2 Å². The van der Waals surface area contributed by atoms with Gasteiger partial charge in [0.05, 0.1) is 4.90 Å². The molecule has 0 radical (unpaired) electrons. The molecule has 0 N–H and O–H groups in total. The van der Waals surface area contributed by atoms with Crippen LogP contribution in [0.1, 0.15) is 18.4 Å². The van der Waals surface area contributed by atoms with Crippen LogP contribution >= 0.6 is 0 Å². The lowest BCUT2D eigenvalue weighted by Crippen LogP contribution is -2.42. The first-order valence-corrected chi connectivity index (χ1v) is 7.52. The van der Waals surface area contributed by atoms with E-state index in [1.807, 2.05) is 6.92 Å².